The van der Waals surface area contributed by atoms with Gasteiger partial charge in [0, 0.05) is 36.2 Å². The van der Waals surface area contributed by atoms with E-state index >= 15 is 0 Å². The molecule has 0 bridgehead atoms. The Morgan fingerprint density at radius 1 is 1.18 bits per heavy atom. The Morgan fingerprint density at radius 3 is 2.68 bits per heavy atom. The van der Waals surface area contributed by atoms with E-state index in [0.29, 0.717) is 18.1 Å². The average Bonchev–Trinajstić information content (AvgIpc) is 3.47. The third-order valence-electron chi connectivity index (χ3n) is 8.02. The molecule has 4 aliphatic heterocycles. The molecule has 4 aliphatic rings. The minimum atomic E-state index is -0.854. The molecule has 4 heterocycles. The lowest BCUT2D eigenvalue weighted by molar-refractivity contribution is -0.146. The number of hydrogen-bond acceptors (Lipinski definition) is 7. The Morgan fingerprint density at radius 2 is 1.95 bits per heavy atom. The number of unbranched alkanes of at least 4 members (excludes halogenated alkanes) is 1. The number of benzene rings is 1. The zero-order chi connectivity index (χ0) is 26.5. The van der Waals surface area contributed by atoms with Crippen LogP contribution in [0.3, 0.4) is 0 Å². The first-order valence-electron chi connectivity index (χ1n) is 13.9. The monoisotopic (exact) mass is 539 g/mol. The number of carbonyl (C=O) groups excluding carboxylic acids is 3. The number of nitrogens with one attached hydrogen (secondary N) is 3. The molecule has 0 aliphatic carbocycles. The summed E-state index contributed by atoms with van der Waals surface area (Å²) in [5.41, 5.74) is 5.08. The second-order valence-electron chi connectivity index (χ2n) is 10.7. The van der Waals surface area contributed by atoms with Crippen LogP contribution < -0.4 is 20.9 Å². The van der Waals surface area contributed by atoms with Crippen molar-refractivity contribution in [3.63, 3.8) is 0 Å². The van der Waals surface area contributed by atoms with Gasteiger partial charge in [0.05, 0.1) is 24.7 Å². The van der Waals surface area contributed by atoms with Crippen molar-refractivity contribution < 1.29 is 19.1 Å². The fourth-order valence-electron chi connectivity index (χ4n) is 6.22. The Bertz CT molecular complexity index is 1070. The highest BCUT2D eigenvalue weighted by atomic mass is 32.2. The van der Waals surface area contributed by atoms with Gasteiger partial charge in [0.25, 0.3) is 0 Å². The van der Waals surface area contributed by atoms with E-state index in [9.17, 15) is 19.6 Å². The van der Waals surface area contributed by atoms with Crippen LogP contribution in [-0.4, -0.2) is 67.2 Å². The first-order chi connectivity index (χ1) is 18.5. The van der Waals surface area contributed by atoms with Gasteiger partial charge in [-0.1, -0.05) is 18.6 Å². The van der Waals surface area contributed by atoms with Crippen molar-refractivity contribution in [2.75, 3.05) is 36.9 Å². The van der Waals surface area contributed by atoms with Gasteiger partial charge >= 0.3 is 12.0 Å². The summed E-state index contributed by atoms with van der Waals surface area (Å²) >= 11 is 1.88. The molecule has 1 aromatic rings. The van der Waals surface area contributed by atoms with Gasteiger partial charge in [-0.3, -0.25) is 9.59 Å². The quantitative estimate of drug-likeness (QED) is 0.224. The molecule has 9 nitrogen and oxygen atoms in total. The highest BCUT2D eigenvalue weighted by Crippen LogP contribution is 2.36. The van der Waals surface area contributed by atoms with Crippen molar-refractivity contribution in [1.82, 2.24) is 16.0 Å². The fraction of sp³-hybridized carbons (Fsp3) is 0.643. The third kappa shape index (κ3) is 6.20. The van der Waals surface area contributed by atoms with Crippen molar-refractivity contribution in [1.29, 1.82) is 5.26 Å². The number of amides is 3. The van der Waals surface area contributed by atoms with E-state index in [0.717, 1.165) is 69.4 Å². The molecule has 3 amide bonds. The van der Waals surface area contributed by atoms with Gasteiger partial charge in [0.1, 0.15) is 12.5 Å². The summed E-state index contributed by atoms with van der Waals surface area (Å²) in [7, 11) is 0. The second kappa shape index (κ2) is 12.3. The highest BCUT2D eigenvalue weighted by Gasteiger charge is 2.42. The van der Waals surface area contributed by atoms with Crippen LogP contribution in [0, 0.1) is 17.2 Å². The molecule has 4 atom stereocenters. The zero-order valence-electron chi connectivity index (χ0n) is 21.8. The lowest BCUT2D eigenvalue weighted by Crippen LogP contribution is -2.36. The average molecular weight is 540 g/mol. The lowest BCUT2D eigenvalue weighted by Gasteiger charge is -2.37. The first kappa shape index (κ1) is 26.7. The molecule has 2 fully saturated rings. The number of thioether (sulfide) groups is 1. The summed E-state index contributed by atoms with van der Waals surface area (Å²) in [6, 6.07) is 6.78. The largest absolute Gasteiger partial charge is 0.463 e. The highest BCUT2D eigenvalue weighted by molar-refractivity contribution is 8.00. The second-order valence-corrected chi connectivity index (χ2v) is 12.0. The van der Waals surface area contributed by atoms with Crippen LogP contribution in [0.4, 0.5) is 10.5 Å². The summed E-state index contributed by atoms with van der Waals surface area (Å²) < 4.78 is 5.33. The van der Waals surface area contributed by atoms with Crippen LogP contribution in [0.15, 0.2) is 12.1 Å². The van der Waals surface area contributed by atoms with Crippen LogP contribution in [-0.2, 0) is 33.6 Å². The minimum absolute atomic E-state index is 0.0572. The molecule has 0 radical (unpaired) electrons. The molecule has 38 heavy (non-hydrogen) atoms. The number of nitriles is 1. The predicted octanol–water partition coefficient (Wildman–Crippen LogP) is 2.45. The van der Waals surface area contributed by atoms with Gasteiger partial charge in [0.15, 0.2) is 0 Å². The maximum absolute atomic E-state index is 12.6. The molecular formula is C28H37N5O4S. The standard InChI is InChI=1S/C28H37N5O4S/c29-16-21(15-18-13-19-5-3-10-33-11-4-6-20(14-18)26(19)33)27(35)37-12-9-30-24(34)8-2-1-7-23-25-22(17-38-23)31-28(36)32-25/h13-14,21-23,25H,1-12,15,17H2,(H,30,34)(H2,31,32,36). The number of aryl methyl sites for hydroxylation is 2. The van der Waals surface area contributed by atoms with E-state index in [1.54, 1.807) is 0 Å². The molecule has 1 aromatic carbocycles. The van der Waals surface area contributed by atoms with Crippen molar-refractivity contribution in [2.24, 2.45) is 5.92 Å². The summed E-state index contributed by atoms with van der Waals surface area (Å²) in [6.07, 6.45) is 7.81. The smallest absolute Gasteiger partial charge is 0.323 e. The van der Waals surface area contributed by atoms with Gasteiger partial charge in [-0.15, -0.1) is 0 Å². The number of fused-ring (bicyclic) bond motifs is 1. The maximum Gasteiger partial charge on any atom is 0.323 e. The van der Waals surface area contributed by atoms with Crippen LogP contribution in [0.1, 0.15) is 55.2 Å². The molecule has 2 saturated heterocycles. The zero-order valence-corrected chi connectivity index (χ0v) is 22.6. The maximum atomic E-state index is 12.6. The van der Waals surface area contributed by atoms with Crippen molar-refractivity contribution in [3.05, 3.63) is 28.8 Å². The topological polar surface area (TPSA) is 124 Å². The van der Waals surface area contributed by atoms with Gasteiger partial charge < -0.3 is 25.6 Å². The molecule has 3 N–H and O–H groups in total. The lowest BCUT2D eigenvalue weighted by atomic mass is 9.88. The van der Waals surface area contributed by atoms with Crippen molar-refractivity contribution >= 4 is 35.4 Å². The summed E-state index contributed by atoms with van der Waals surface area (Å²) in [5.74, 6) is -0.516. The fourth-order valence-corrected chi connectivity index (χ4v) is 7.76. The molecule has 4 unspecified atom stereocenters. The normalized spacial score (nSPS) is 23.9. The third-order valence-corrected chi connectivity index (χ3v) is 9.53. The number of nitrogens with zero attached hydrogens (tertiary/aromatic N) is 2. The predicted molar refractivity (Wildman–Crippen MR) is 146 cm³/mol. The molecule has 0 saturated carbocycles. The van der Waals surface area contributed by atoms with E-state index in [1.165, 1.54) is 16.8 Å². The van der Waals surface area contributed by atoms with E-state index in [1.807, 2.05) is 11.8 Å². The number of urea groups is 1. The van der Waals surface area contributed by atoms with E-state index in [-0.39, 0.29) is 37.2 Å². The van der Waals surface area contributed by atoms with E-state index < -0.39 is 11.9 Å². The molecule has 10 heteroatoms. The van der Waals surface area contributed by atoms with Crippen LogP contribution in [0.2, 0.25) is 0 Å². The van der Waals surface area contributed by atoms with Crippen LogP contribution in [0.25, 0.3) is 0 Å². The first-order valence-corrected chi connectivity index (χ1v) is 15.0. The number of hydrogen-bond donors (Lipinski definition) is 3. The SMILES string of the molecule is N#CC(Cc1cc2c3c(c1)CCCN3CCC2)C(=O)OCCNC(=O)CCCCC1SCC2NC(=O)NC21. The molecular weight excluding hydrogens is 502 g/mol. The summed E-state index contributed by atoms with van der Waals surface area (Å²) in [4.78, 5) is 38.7. The van der Waals surface area contributed by atoms with Crippen molar-refractivity contribution in [3.8, 4) is 6.07 Å². The number of anilines is 1. The van der Waals surface area contributed by atoms with Crippen LogP contribution >= 0.6 is 11.8 Å². The number of carbonyl (C=O) groups is 3. The summed E-state index contributed by atoms with van der Waals surface area (Å²) in [5, 5.41) is 18.8. The van der Waals surface area contributed by atoms with Crippen LogP contribution in [0.5, 0.6) is 0 Å². The Hall–Kier alpha value is -2.93. The van der Waals surface area contributed by atoms with Crippen molar-refractivity contribution in [2.45, 2.75) is 75.1 Å². The molecule has 0 spiro atoms. The molecule has 204 valence electrons. The molecule has 0 aromatic heterocycles. The van der Waals surface area contributed by atoms with Gasteiger partial charge in [-0.05, 0) is 61.6 Å². The van der Waals surface area contributed by atoms with Gasteiger partial charge in [0.2, 0.25) is 5.91 Å². The number of rotatable bonds is 11. The van der Waals surface area contributed by atoms with E-state index in [2.05, 4.69) is 39.1 Å². The Labute approximate surface area is 228 Å². The van der Waals surface area contributed by atoms with Gasteiger partial charge in [-0.2, -0.15) is 17.0 Å². The van der Waals surface area contributed by atoms with E-state index in [4.69, 9.17) is 4.74 Å². The summed E-state index contributed by atoms with van der Waals surface area (Å²) in [6.45, 7) is 2.52. The number of esters is 1. The molecule has 5 rings (SSSR count). The van der Waals surface area contributed by atoms with Gasteiger partial charge in [-0.25, -0.2) is 4.79 Å². The Kier molecular flexibility index (Phi) is 8.62. The minimum Gasteiger partial charge on any atom is -0.463 e. The number of ether oxygens (including phenoxy) is 1. The Balaban J connectivity index is 0.987.